The number of amides is 1. The van der Waals surface area contributed by atoms with Crippen molar-refractivity contribution in [2.45, 2.75) is 51.0 Å². The maximum Gasteiger partial charge on any atom is 0.254 e. The molecule has 0 aliphatic carbocycles. The van der Waals surface area contributed by atoms with Gasteiger partial charge in [-0.1, -0.05) is 18.6 Å². The first-order valence-corrected chi connectivity index (χ1v) is 13.4. The molecule has 0 spiro atoms. The van der Waals surface area contributed by atoms with Crippen LogP contribution in [0.2, 0.25) is 0 Å². The van der Waals surface area contributed by atoms with Gasteiger partial charge in [0.25, 0.3) is 5.91 Å². The van der Waals surface area contributed by atoms with E-state index in [2.05, 4.69) is 23.1 Å². The molecule has 1 fully saturated rings. The van der Waals surface area contributed by atoms with Crippen LogP contribution < -0.4 is 19.9 Å². The summed E-state index contributed by atoms with van der Waals surface area (Å²) in [6, 6.07) is 14.4. The van der Waals surface area contributed by atoms with E-state index in [1.54, 1.807) is 25.3 Å². The van der Waals surface area contributed by atoms with E-state index in [0.29, 0.717) is 56.0 Å². The van der Waals surface area contributed by atoms with E-state index in [-0.39, 0.29) is 5.91 Å². The van der Waals surface area contributed by atoms with Crippen molar-refractivity contribution < 1.29 is 19.0 Å². The summed E-state index contributed by atoms with van der Waals surface area (Å²) in [6.45, 7) is 4.73. The first-order chi connectivity index (χ1) is 17.7. The number of ether oxygens (including phenoxy) is 3. The molecule has 2 aliphatic heterocycles. The van der Waals surface area contributed by atoms with Crippen molar-refractivity contribution in [2.75, 3.05) is 53.0 Å². The second-order valence-electron chi connectivity index (χ2n) is 9.72. The Balaban J connectivity index is 1.50. The van der Waals surface area contributed by atoms with Crippen molar-refractivity contribution in [1.29, 1.82) is 0 Å². The minimum atomic E-state index is -0.0206. The summed E-state index contributed by atoms with van der Waals surface area (Å²) in [4.78, 5) is 18.2. The fourth-order valence-electron chi connectivity index (χ4n) is 5.29. The van der Waals surface area contributed by atoms with Crippen LogP contribution in [0.5, 0.6) is 17.2 Å². The minimum absolute atomic E-state index is 0.0206. The van der Waals surface area contributed by atoms with Crippen molar-refractivity contribution in [1.82, 2.24) is 9.80 Å². The molecule has 1 amide bonds. The number of nitrogens with zero attached hydrogens (tertiary/aromatic N) is 2. The Morgan fingerprint density at radius 3 is 2.67 bits per heavy atom. The molecule has 2 aromatic rings. The maximum atomic E-state index is 13.6. The number of carbonyl (C=O) groups excluding carboxylic acids is 1. The van der Waals surface area contributed by atoms with Gasteiger partial charge in [-0.25, -0.2) is 0 Å². The summed E-state index contributed by atoms with van der Waals surface area (Å²) < 4.78 is 17.2. The second-order valence-corrected chi connectivity index (χ2v) is 9.72. The standard InChI is InChI=1S/C29H41N3O4/c1-34-27-13-11-24(22-28(27)36-19-14-30)29(33)32-17-5-4-16-31-15-3-2-8-25(31)12-10-23-7-6-9-26(21-23)35-20-18-32/h6-7,9,11,13,21-22,25H,2-5,8,10,12,14-20,30H2,1H3. The number of carbonyl (C=O) groups is 1. The third-order valence-corrected chi connectivity index (χ3v) is 7.24. The van der Waals surface area contributed by atoms with Gasteiger partial charge < -0.3 is 29.7 Å². The smallest absolute Gasteiger partial charge is 0.254 e. The average Bonchev–Trinajstić information content (AvgIpc) is 2.92. The highest BCUT2D eigenvalue weighted by molar-refractivity contribution is 5.95. The van der Waals surface area contributed by atoms with Crippen molar-refractivity contribution in [2.24, 2.45) is 5.73 Å². The van der Waals surface area contributed by atoms with E-state index in [4.69, 9.17) is 19.9 Å². The summed E-state index contributed by atoms with van der Waals surface area (Å²) in [5.41, 5.74) is 7.51. The predicted octanol–water partition coefficient (Wildman–Crippen LogP) is 4.13. The van der Waals surface area contributed by atoms with Gasteiger partial charge in [0.2, 0.25) is 0 Å². The normalized spacial score (nSPS) is 19.8. The van der Waals surface area contributed by atoms with Crippen molar-refractivity contribution in [3.63, 3.8) is 0 Å². The van der Waals surface area contributed by atoms with Gasteiger partial charge in [-0.05, 0) is 87.5 Å². The third-order valence-electron chi connectivity index (χ3n) is 7.24. The summed E-state index contributed by atoms with van der Waals surface area (Å²) >= 11 is 0. The number of rotatable bonds is 5. The van der Waals surface area contributed by atoms with Crippen LogP contribution in [0.1, 0.15) is 54.4 Å². The largest absolute Gasteiger partial charge is 0.493 e. The fraction of sp³-hybridized carbons (Fsp3) is 0.552. The van der Waals surface area contributed by atoms with E-state index in [1.807, 2.05) is 11.0 Å². The number of benzene rings is 2. The molecule has 0 saturated carbocycles. The van der Waals surface area contributed by atoms with Gasteiger partial charge in [-0.15, -0.1) is 0 Å². The zero-order valence-electron chi connectivity index (χ0n) is 21.6. The Labute approximate surface area is 215 Å². The van der Waals surface area contributed by atoms with Gasteiger partial charge in [0.15, 0.2) is 11.5 Å². The second kappa shape index (κ2) is 13.5. The molecule has 36 heavy (non-hydrogen) atoms. The Bertz CT molecular complexity index is 983. The Morgan fingerprint density at radius 2 is 1.83 bits per heavy atom. The van der Waals surface area contributed by atoms with E-state index in [0.717, 1.165) is 31.6 Å². The number of methoxy groups -OCH3 is 1. The van der Waals surface area contributed by atoms with Gasteiger partial charge in [0.05, 0.1) is 13.7 Å². The van der Waals surface area contributed by atoms with Gasteiger partial charge in [0.1, 0.15) is 19.0 Å². The molecule has 2 aromatic carbocycles. The van der Waals surface area contributed by atoms with Crippen LogP contribution in [0.3, 0.4) is 0 Å². The molecule has 196 valence electrons. The lowest BCUT2D eigenvalue weighted by molar-refractivity contribution is 0.0721. The van der Waals surface area contributed by atoms with Crippen molar-refractivity contribution in [3.05, 3.63) is 53.6 Å². The molecule has 7 nitrogen and oxygen atoms in total. The van der Waals surface area contributed by atoms with E-state index in [1.165, 1.54) is 37.8 Å². The fourth-order valence-corrected chi connectivity index (χ4v) is 5.29. The molecule has 2 N–H and O–H groups in total. The Morgan fingerprint density at radius 1 is 1.00 bits per heavy atom. The highest BCUT2D eigenvalue weighted by atomic mass is 16.5. The SMILES string of the molecule is COc1ccc(C(=O)N2CCCCN3CCCCC3CCc3cccc(c3)OCC2)cc1OCCN. The van der Waals surface area contributed by atoms with Crippen LogP contribution in [0.25, 0.3) is 0 Å². The van der Waals surface area contributed by atoms with Crippen LogP contribution >= 0.6 is 0 Å². The molecule has 2 aliphatic rings. The molecule has 0 aromatic heterocycles. The molecule has 1 unspecified atom stereocenters. The lowest BCUT2D eigenvalue weighted by Crippen LogP contribution is -2.40. The molecule has 1 saturated heterocycles. The average molecular weight is 496 g/mol. The van der Waals surface area contributed by atoms with Gasteiger partial charge in [0, 0.05) is 24.7 Å². The van der Waals surface area contributed by atoms with E-state index < -0.39 is 0 Å². The highest BCUT2D eigenvalue weighted by Crippen LogP contribution is 2.29. The van der Waals surface area contributed by atoms with Crippen molar-refractivity contribution >= 4 is 5.91 Å². The topological polar surface area (TPSA) is 77.3 Å². The number of hydrogen-bond acceptors (Lipinski definition) is 6. The first-order valence-electron chi connectivity index (χ1n) is 13.4. The number of fused-ring (bicyclic) bond motifs is 3. The predicted molar refractivity (Wildman–Crippen MR) is 142 cm³/mol. The summed E-state index contributed by atoms with van der Waals surface area (Å²) in [5.74, 6) is 1.98. The van der Waals surface area contributed by atoms with Crippen LogP contribution in [-0.2, 0) is 6.42 Å². The molecule has 4 rings (SSSR count). The van der Waals surface area contributed by atoms with Crippen molar-refractivity contribution in [3.8, 4) is 17.2 Å². The lowest BCUT2D eigenvalue weighted by Gasteiger charge is -2.36. The molecular weight excluding hydrogens is 454 g/mol. The molecule has 2 bridgehead atoms. The quantitative estimate of drug-likeness (QED) is 0.672. The zero-order valence-corrected chi connectivity index (χ0v) is 21.6. The zero-order chi connectivity index (χ0) is 25.2. The summed E-state index contributed by atoms with van der Waals surface area (Å²) in [6.07, 6.45) is 8.22. The monoisotopic (exact) mass is 495 g/mol. The summed E-state index contributed by atoms with van der Waals surface area (Å²) in [5, 5.41) is 0. The highest BCUT2D eigenvalue weighted by Gasteiger charge is 2.23. The van der Waals surface area contributed by atoms with Crippen LogP contribution in [-0.4, -0.2) is 74.8 Å². The first kappa shape index (κ1) is 26.3. The molecule has 1 atom stereocenters. The van der Waals surface area contributed by atoms with E-state index in [9.17, 15) is 4.79 Å². The molecule has 2 heterocycles. The number of nitrogens with two attached hydrogens (primary N) is 1. The number of hydrogen-bond donors (Lipinski definition) is 1. The Hall–Kier alpha value is -2.77. The number of piperidine rings is 1. The molecule has 0 radical (unpaired) electrons. The lowest BCUT2D eigenvalue weighted by atomic mass is 9.95. The number of aryl methyl sites for hydroxylation is 1. The minimum Gasteiger partial charge on any atom is -0.493 e. The Kier molecular flexibility index (Phi) is 9.87. The van der Waals surface area contributed by atoms with E-state index >= 15 is 0 Å². The van der Waals surface area contributed by atoms with Gasteiger partial charge in [-0.3, -0.25) is 4.79 Å². The van der Waals surface area contributed by atoms with Gasteiger partial charge >= 0.3 is 0 Å². The molecular formula is C29H41N3O4. The third kappa shape index (κ3) is 7.14. The van der Waals surface area contributed by atoms with Crippen LogP contribution in [0.4, 0.5) is 0 Å². The van der Waals surface area contributed by atoms with Crippen LogP contribution in [0.15, 0.2) is 42.5 Å². The summed E-state index contributed by atoms with van der Waals surface area (Å²) in [7, 11) is 1.59. The van der Waals surface area contributed by atoms with Crippen LogP contribution in [0, 0.1) is 0 Å². The van der Waals surface area contributed by atoms with Gasteiger partial charge in [-0.2, -0.15) is 0 Å². The molecule has 7 heteroatoms. The maximum absolute atomic E-state index is 13.6.